The van der Waals surface area contributed by atoms with Gasteiger partial charge in [0.15, 0.2) is 0 Å². The van der Waals surface area contributed by atoms with Crippen molar-refractivity contribution < 1.29 is 14.6 Å². The van der Waals surface area contributed by atoms with E-state index in [4.69, 9.17) is 4.74 Å². The molecule has 1 saturated heterocycles. The van der Waals surface area contributed by atoms with E-state index in [1.807, 2.05) is 29.2 Å². The molecule has 1 aromatic rings. The molecule has 0 unspecified atom stereocenters. The van der Waals surface area contributed by atoms with Gasteiger partial charge in [0, 0.05) is 19.6 Å². The Morgan fingerprint density at radius 1 is 1.50 bits per heavy atom. The number of β-amino-alcohol motifs (C(OH)–C–C–N with tert-alkyl or cyclic N) is 1. The standard InChI is InChI=1S/C17H26N2O3/c1-2-3-9-22-16-6-4-5-14(10-16)11-18-17(21)13-19-8-7-15(20)12-19/h4-6,10,15,20H,2-3,7-9,11-13H2,1H3,(H,18,21)/t15-/m0/s1. The topological polar surface area (TPSA) is 61.8 Å². The highest BCUT2D eigenvalue weighted by atomic mass is 16.5. The number of aliphatic hydroxyl groups excluding tert-OH is 1. The summed E-state index contributed by atoms with van der Waals surface area (Å²) in [5, 5.41) is 12.4. The van der Waals surface area contributed by atoms with Crippen molar-refractivity contribution >= 4 is 5.91 Å². The van der Waals surface area contributed by atoms with Gasteiger partial charge in [-0.2, -0.15) is 0 Å². The Kier molecular flexibility index (Phi) is 6.68. The van der Waals surface area contributed by atoms with Gasteiger partial charge in [-0.3, -0.25) is 9.69 Å². The van der Waals surface area contributed by atoms with Gasteiger partial charge in [-0.25, -0.2) is 0 Å². The highest BCUT2D eigenvalue weighted by Gasteiger charge is 2.21. The zero-order valence-electron chi connectivity index (χ0n) is 13.3. The summed E-state index contributed by atoms with van der Waals surface area (Å²) in [7, 11) is 0. The number of likely N-dealkylation sites (tertiary alicyclic amines) is 1. The number of carbonyl (C=O) groups excluding carboxylic acids is 1. The maximum atomic E-state index is 11.9. The van der Waals surface area contributed by atoms with E-state index in [1.54, 1.807) is 0 Å². The third-order valence-corrected chi connectivity index (χ3v) is 3.77. The zero-order valence-corrected chi connectivity index (χ0v) is 13.3. The van der Waals surface area contributed by atoms with Crippen LogP contribution in [-0.4, -0.2) is 48.3 Å². The van der Waals surface area contributed by atoms with Gasteiger partial charge in [-0.1, -0.05) is 25.5 Å². The summed E-state index contributed by atoms with van der Waals surface area (Å²) in [4.78, 5) is 13.9. The summed E-state index contributed by atoms with van der Waals surface area (Å²) in [6.07, 6.45) is 2.62. The van der Waals surface area contributed by atoms with Crippen LogP contribution in [0.1, 0.15) is 31.7 Å². The molecular formula is C17H26N2O3. The average Bonchev–Trinajstić information content (AvgIpc) is 2.91. The maximum Gasteiger partial charge on any atom is 0.234 e. The van der Waals surface area contributed by atoms with Crippen molar-refractivity contribution in [3.05, 3.63) is 29.8 Å². The summed E-state index contributed by atoms with van der Waals surface area (Å²) in [6, 6.07) is 7.83. The van der Waals surface area contributed by atoms with E-state index < -0.39 is 0 Å². The number of benzene rings is 1. The number of rotatable bonds is 8. The number of unbranched alkanes of at least 4 members (excludes halogenated alkanes) is 1. The molecule has 1 amide bonds. The molecule has 5 nitrogen and oxygen atoms in total. The van der Waals surface area contributed by atoms with Crippen molar-refractivity contribution in [2.75, 3.05) is 26.2 Å². The Hall–Kier alpha value is -1.59. The molecule has 5 heteroatoms. The smallest absolute Gasteiger partial charge is 0.234 e. The van der Waals surface area contributed by atoms with Crippen LogP contribution in [0, 0.1) is 0 Å². The fourth-order valence-corrected chi connectivity index (χ4v) is 2.50. The quantitative estimate of drug-likeness (QED) is 0.715. The molecular weight excluding hydrogens is 280 g/mol. The van der Waals surface area contributed by atoms with Crippen LogP contribution < -0.4 is 10.1 Å². The summed E-state index contributed by atoms with van der Waals surface area (Å²) >= 11 is 0. The number of ether oxygens (including phenoxy) is 1. The molecule has 1 aliphatic heterocycles. The summed E-state index contributed by atoms with van der Waals surface area (Å²) in [5.41, 5.74) is 1.03. The lowest BCUT2D eigenvalue weighted by Gasteiger charge is -2.14. The minimum Gasteiger partial charge on any atom is -0.494 e. The number of nitrogens with zero attached hydrogens (tertiary/aromatic N) is 1. The molecule has 0 aromatic heterocycles. The average molecular weight is 306 g/mol. The van der Waals surface area contributed by atoms with Crippen molar-refractivity contribution in [2.45, 2.75) is 38.8 Å². The van der Waals surface area contributed by atoms with Crippen LogP contribution in [0.15, 0.2) is 24.3 Å². The second kappa shape index (κ2) is 8.76. The van der Waals surface area contributed by atoms with Crippen molar-refractivity contribution in [2.24, 2.45) is 0 Å². The molecule has 0 radical (unpaired) electrons. The maximum absolute atomic E-state index is 11.9. The van der Waals surface area contributed by atoms with Gasteiger partial charge >= 0.3 is 0 Å². The SMILES string of the molecule is CCCCOc1cccc(CNC(=O)CN2CC[C@H](O)C2)c1. The number of amides is 1. The van der Waals surface area contributed by atoms with Crippen molar-refractivity contribution in [1.82, 2.24) is 10.2 Å². The lowest BCUT2D eigenvalue weighted by molar-refractivity contribution is -0.122. The molecule has 1 aromatic carbocycles. The van der Waals surface area contributed by atoms with Crippen molar-refractivity contribution in [1.29, 1.82) is 0 Å². The molecule has 2 N–H and O–H groups in total. The first-order valence-corrected chi connectivity index (χ1v) is 8.06. The van der Waals surface area contributed by atoms with E-state index in [0.29, 0.717) is 19.6 Å². The first-order chi connectivity index (χ1) is 10.7. The Morgan fingerprint density at radius 3 is 3.09 bits per heavy atom. The minimum absolute atomic E-state index is 0.00796. The molecule has 0 bridgehead atoms. The summed E-state index contributed by atoms with van der Waals surface area (Å²) in [5.74, 6) is 0.842. The van der Waals surface area contributed by atoms with Gasteiger partial charge in [-0.15, -0.1) is 0 Å². The van der Waals surface area contributed by atoms with E-state index in [-0.39, 0.29) is 12.0 Å². The van der Waals surface area contributed by atoms with Crippen LogP contribution in [0.3, 0.4) is 0 Å². The molecule has 122 valence electrons. The monoisotopic (exact) mass is 306 g/mol. The Labute approximate surface area is 132 Å². The molecule has 0 aliphatic carbocycles. The molecule has 2 rings (SSSR count). The van der Waals surface area contributed by atoms with Gasteiger partial charge in [0.1, 0.15) is 5.75 Å². The Bertz CT molecular complexity index is 479. The molecule has 1 heterocycles. The first kappa shape index (κ1) is 16.8. The van der Waals surface area contributed by atoms with Crippen LogP contribution in [-0.2, 0) is 11.3 Å². The van der Waals surface area contributed by atoms with E-state index in [9.17, 15) is 9.90 Å². The number of carbonyl (C=O) groups is 1. The summed E-state index contributed by atoms with van der Waals surface area (Å²) < 4.78 is 5.66. The highest BCUT2D eigenvalue weighted by molar-refractivity contribution is 5.78. The van der Waals surface area contributed by atoms with E-state index in [2.05, 4.69) is 12.2 Å². The minimum atomic E-state index is -0.287. The van der Waals surface area contributed by atoms with Gasteiger partial charge in [0.05, 0.1) is 19.3 Å². The van der Waals surface area contributed by atoms with E-state index >= 15 is 0 Å². The van der Waals surface area contributed by atoms with Crippen molar-refractivity contribution in [3.63, 3.8) is 0 Å². The van der Waals surface area contributed by atoms with Gasteiger partial charge in [-0.05, 0) is 30.5 Å². The van der Waals surface area contributed by atoms with Crippen LogP contribution in [0.2, 0.25) is 0 Å². The molecule has 1 aliphatic rings. The fourth-order valence-electron chi connectivity index (χ4n) is 2.50. The predicted octanol–water partition coefficient (Wildman–Crippen LogP) is 1.55. The highest BCUT2D eigenvalue weighted by Crippen LogP contribution is 2.14. The van der Waals surface area contributed by atoms with Crippen LogP contribution in [0.25, 0.3) is 0 Å². The largest absolute Gasteiger partial charge is 0.494 e. The zero-order chi connectivity index (χ0) is 15.8. The van der Waals surface area contributed by atoms with Crippen molar-refractivity contribution in [3.8, 4) is 5.75 Å². The molecule has 0 spiro atoms. The first-order valence-electron chi connectivity index (χ1n) is 8.06. The van der Waals surface area contributed by atoms with Gasteiger partial charge in [0.25, 0.3) is 0 Å². The van der Waals surface area contributed by atoms with Gasteiger partial charge < -0.3 is 15.2 Å². The number of nitrogens with one attached hydrogen (secondary N) is 1. The number of aliphatic hydroxyl groups is 1. The molecule has 1 fully saturated rings. The lowest BCUT2D eigenvalue weighted by atomic mass is 10.2. The predicted molar refractivity (Wildman–Crippen MR) is 85.8 cm³/mol. The Morgan fingerprint density at radius 2 is 2.36 bits per heavy atom. The van der Waals surface area contributed by atoms with Gasteiger partial charge in [0.2, 0.25) is 5.91 Å². The third kappa shape index (κ3) is 5.66. The third-order valence-electron chi connectivity index (χ3n) is 3.77. The van der Waals surface area contributed by atoms with Crippen LogP contribution in [0.4, 0.5) is 0 Å². The number of hydrogen-bond donors (Lipinski definition) is 2. The van der Waals surface area contributed by atoms with E-state index in [1.165, 1.54) is 0 Å². The van der Waals surface area contributed by atoms with E-state index in [0.717, 1.165) is 43.7 Å². The molecule has 0 saturated carbocycles. The Balaban J connectivity index is 1.73. The number of hydrogen-bond acceptors (Lipinski definition) is 4. The summed E-state index contributed by atoms with van der Waals surface area (Å²) in [6.45, 7) is 5.09. The van der Waals surface area contributed by atoms with Crippen LogP contribution in [0.5, 0.6) is 5.75 Å². The fraction of sp³-hybridized carbons (Fsp3) is 0.588. The lowest BCUT2D eigenvalue weighted by Crippen LogP contribution is -2.36. The normalized spacial score (nSPS) is 18.4. The second-order valence-electron chi connectivity index (χ2n) is 5.80. The van der Waals surface area contributed by atoms with Crippen LogP contribution >= 0.6 is 0 Å². The molecule has 22 heavy (non-hydrogen) atoms. The molecule has 1 atom stereocenters. The second-order valence-corrected chi connectivity index (χ2v) is 5.80.